The zero-order chi connectivity index (χ0) is 19.8. The third-order valence-corrected chi connectivity index (χ3v) is 4.18. The Labute approximate surface area is 171 Å². The molecule has 9 heteroatoms. The number of amides is 1. The number of hydrazine groups is 1. The van der Waals surface area contributed by atoms with Crippen molar-refractivity contribution in [2.45, 2.75) is 13.0 Å². The molecule has 0 aliphatic carbocycles. The van der Waals surface area contributed by atoms with E-state index in [4.69, 9.17) is 26.4 Å². The first kappa shape index (κ1) is 20.8. The van der Waals surface area contributed by atoms with Gasteiger partial charge in [-0.05, 0) is 55.5 Å². The van der Waals surface area contributed by atoms with Gasteiger partial charge in [0.25, 0.3) is 5.91 Å². The number of anilines is 1. The maximum atomic E-state index is 12.1. The van der Waals surface area contributed by atoms with E-state index < -0.39 is 6.10 Å². The van der Waals surface area contributed by atoms with Crippen LogP contribution in [0.3, 0.4) is 0 Å². The average molecular weight is 454 g/mol. The van der Waals surface area contributed by atoms with E-state index in [0.717, 1.165) is 4.47 Å². The van der Waals surface area contributed by atoms with Crippen LogP contribution in [0.1, 0.15) is 6.92 Å². The second kappa shape index (κ2) is 9.98. The number of rotatable bonds is 6. The van der Waals surface area contributed by atoms with Gasteiger partial charge in [0.15, 0.2) is 11.2 Å². The largest absolute Gasteiger partial charge is 0.497 e. The first-order chi connectivity index (χ1) is 12.9. The molecule has 0 saturated carbocycles. The van der Waals surface area contributed by atoms with Gasteiger partial charge in [0.05, 0.1) is 19.9 Å². The molecule has 2 rings (SSSR count). The highest BCUT2D eigenvalue weighted by Crippen LogP contribution is 2.28. The van der Waals surface area contributed by atoms with Crippen molar-refractivity contribution in [1.82, 2.24) is 10.9 Å². The zero-order valence-electron chi connectivity index (χ0n) is 15.0. The Morgan fingerprint density at radius 3 is 2.33 bits per heavy atom. The molecule has 2 aromatic rings. The molecule has 0 spiro atoms. The quantitative estimate of drug-likeness (QED) is 0.457. The van der Waals surface area contributed by atoms with Crippen molar-refractivity contribution >= 4 is 44.9 Å². The Kier molecular flexibility index (Phi) is 7.68. The Hall–Kier alpha value is -2.52. The fraction of sp³-hybridized carbons (Fsp3) is 0.222. The van der Waals surface area contributed by atoms with E-state index >= 15 is 0 Å². The van der Waals surface area contributed by atoms with Gasteiger partial charge in [-0.2, -0.15) is 0 Å². The standard InChI is InChI=1S/C18H20BrN3O4S/c1-11(26-13-6-4-12(19)5-7-13)17(23)21-22-18(27)20-15-9-8-14(24-2)10-16(15)25-3/h4-11H,1-3H3,(H,21,23)(H2,20,22,27)/t11-/m0/s1. The van der Waals surface area contributed by atoms with Gasteiger partial charge in [-0.1, -0.05) is 15.9 Å². The van der Waals surface area contributed by atoms with Crippen LogP contribution in [-0.2, 0) is 4.79 Å². The van der Waals surface area contributed by atoms with Crippen LogP contribution in [0.5, 0.6) is 17.2 Å². The van der Waals surface area contributed by atoms with Gasteiger partial charge in [0.2, 0.25) is 0 Å². The van der Waals surface area contributed by atoms with Crippen LogP contribution in [0.2, 0.25) is 0 Å². The summed E-state index contributed by atoms with van der Waals surface area (Å²) in [5, 5.41) is 3.14. The molecule has 0 bridgehead atoms. The van der Waals surface area contributed by atoms with Gasteiger partial charge in [0.1, 0.15) is 17.2 Å². The fourth-order valence-corrected chi connectivity index (χ4v) is 2.47. The van der Waals surface area contributed by atoms with E-state index in [0.29, 0.717) is 22.9 Å². The number of methoxy groups -OCH3 is 2. The molecule has 2 aromatic carbocycles. The number of nitrogens with one attached hydrogen (secondary N) is 3. The van der Waals surface area contributed by atoms with Gasteiger partial charge in [-0.3, -0.25) is 15.6 Å². The second-order valence-electron chi connectivity index (χ2n) is 5.35. The molecule has 0 aliphatic rings. The van der Waals surface area contributed by atoms with Crippen LogP contribution in [0, 0.1) is 0 Å². The van der Waals surface area contributed by atoms with Crippen LogP contribution in [-0.4, -0.2) is 31.3 Å². The van der Waals surface area contributed by atoms with Crippen LogP contribution in [0.15, 0.2) is 46.9 Å². The highest BCUT2D eigenvalue weighted by molar-refractivity contribution is 9.10. The van der Waals surface area contributed by atoms with Crippen LogP contribution < -0.4 is 30.4 Å². The lowest BCUT2D eigenvalue weighted by Crippen LogP contribution is -2.48. The molecule has 0 aromatic heterocycles. The molecule has 3 N–H and O–H groups in total. The molecular weight excluding hydrogens is 434 g/mol. The van der Waals surface area contributed by atoms with Gasteiger partial charge >= 0.3 is 0 Å². The van der Waals surface area contributed by atoms with Crippen molar-refractivity contribution in [2.24, 2.45) is 0 Å². The summed E-state index contributed by atoms with van der Waals surface area (Å²) in [6, 6.07) is 12.4. The first-order valence-electron chi connectivity index (χ1n) is 7.94. The number of hydrogen-bond donors (Lipinski definition) is 3. The molecule has 0 heterocycles. The lowest BCUT2D eigenvalue weighted by atomic mass is 10.2. The predicted molar refractivity (Wildman–Crippen MR) is 111 cm³/mol. The Morgan fingerprint density at radius 2 is 1.70 bits per heavy atom. The first-order valence-corrected chi connectivity index (χ1v) is 9.14. The minimum Gasteiger partial charge on any atom is -0.497 e. The summed E-state index contributed by atoms with van der Waals surface area (Å²) in [5.74, 6) is 1.42. The van der Waals surface area contributed by atoms with Crippen LogP contribution >= 0.6 is 28.1 Å². The molecule has 1 amide bonds. The Bertz CT molecular complexity index is 802. The molecule has 0 fully saturated rings. The number of halogens is 1. The third-order valence-electron chi connectivity index (χ3n) is 3.45. The van der Waals surface area contributed by atoms with Crippen molar-refractivity contribution in [2.75, 3.05) is 19.5 Å². The summed E-state index contributed by atoms with van der Waals surface area (Å²) in [5.41, 5.74) is 5.76. The van der Waals surface area contributed by atoms with Gasteiger partial charge in [-0.15, -0.1) is 0 Å². The monoisotopic (exact) mass is 453 g/mol. The summed E-state index contributed by atoms with van der Waals surface area (Å²) in [6.07, 6.45) is -0.711. The van der Waals surface area contributed by atoms with E-state index in [1.807, 2.05) is 12.1 Å². The summed E-state index contributed by atoms with van der Waals surface area (Å²) in [4.78, 5) is 12.1. The van der Waals surface area contributed by atoms with E-state index in [-0.39, 0.29) is 11.0 Å². The number of thiocarbonyl (C=S) groups is 1. The van der Waals surface area contributed by atoms with Crippen molar-refractivity contribution in [1.29, 1.82) is 0 Å². The summed E-state index contributed by atoms with van der Waals surface area (Å²) in [6.45, 7) is 1.64. The molecule has 0 unspecified atom stereocenters. The topological polar surface area (TPSA) is 80.9 Å². The number of carbonyl (C=O) groups is 1. The number of carbonyl (C=O) groups excluding carboxylic acids is 1. The maximum absolute atomic E-state index is 12.1. The van der Waals surface area contributed by atoms with Gasteiger partial charge < -0.3 is 19.5 Å². The average Bonchev–Trinajstić information content (AvgIpc) is 2.68. The third kappa shape index (κ3) is 6.30. The maximum Gasteiger partial charge on any atom is 0.279 e. The summed E-state index contributed by atoms with van der Waals surface area (Å²) in [7, 11) is 3.11. The van der Waals surface area contributed by atoms with E-state index in [2.05, 4.69) is 32.1 Å². The van der Waals surface area contributed by atoms with Crippen molar-refractivity contribution in [3.63, 3.8) is 0 Å². The Morgan fingerprint density at radius 1 is 1.04 bits per heavy atom. The van der Waals surface area contributed by atoms with Crippen molar-refractivity contribution < 1.29 is 19.0 Å². The fourth-order valence-electron chi connectivity index (χ4n) is 2.05. The lowest BCUT2D eigenvalue weighted by molar-refractivity contribution is -0.127. The van der Waals surface area contributed by atoms with Gasteiger partial charge in [-0.25, -0.2) is 0 Å². The van der Waals surface area contributed by atoms with E-state index in [1.165, 1.54) is 0 Å². The van der Waals surface area contributed by atoms with Crippen molar-refractivity contribution in [3.05, 3.63) is 46.9 Å². The van der Waals surface area contributed by atoms with Crippen LogP contribution in [0.25, 0.3) is 0 Å². The summed E-state index contributed by atoms with van der Waals surface area (Å²) >= 11 is 8.53. The molecule has 27 heavy (non-hydrogen) atoms. The molecule has 7 nitrogen and oxygen atoms in total. The highest BCUT2D eigenvalue weighted by atomic mass is 79.9. The number of hydrogen-bond acceptors (Lipinski definition) is 5. The van der Waals surface area contributed by atoms with E-state index in [1.54, 1.807) is 51.5 Å². The molecule has 144 valence electrons. The SMILES string of the molecule is COc1ccc(NC(=S)NNC(=O)[C@H](C)Oc2ccc(Br)cc2)c(OC)c1. The molecule has 1 atom stereocenters. The molecular formula is C18H20BrN3O4S. The van der Waals surface area contributed by atoms with E-state index in [9.17, 15) is 4.79 Å². The molecule has 0 radical (unpaired) electrons. The Balaban J connectivity index is 1.85. The van der Waals surface area contributed by atoms with Crippen LogP contribution in [0.4, 0.5) is 5.69 Å². The number of ether oxygens (including phenoxy) is 3. The molecule has 0 saturated heterocycles. The molecule has 0 aliphatic heterocycles. The normalized spacial score (nSPS) is 11.1. The smallest absolute Gasteiger partial charge is 0.279 e. The van der Waals surface area contributed by atoms with Crippen molar-refractivity contribution in [3.8, 4) is 17.2 Å². The summed E-state index contributed by atoms with van der Waals surface area (Å²) < 4.78 is 16.9. The van der Waals surface area contributed by atoms with Gasteiger partial charge in [0, 0.05) is 10.5 Å². The number of benzene rings is 2. The second-order valence-corrected chi connectivity index (χ2v) is 6.67. The minimum absolute atomic E-state index is 0.197. The minimum atomic E-state index is -0.711. The zero-order valence-corrected chi connectivity index (χ0v) is 17.4. The highest BCUT2D eigenvalue weighted by Gasteiger charge is 2.15. The lowest BCUT2D eigenvalue weighted by Gasteiger charge is -2.17. The predicted octanol–water partition coefficient (Wildman–Crippen LogP) is 3.25.